The molecule has 3 heteroatoms. The molecule has 2 aromatic carbocycles. The van der Waals surface area contributed by atoms with E-state index < -0.39 is 5.82 Å². The predicted octanol–water partition coefficient (Wildman–Crippen LogP) is 5.20. The van der Waals surface area contributed by atoms with Gasteiger partial charge in [0.1, 0.15) is 5.82 Å². The summed E-state index contributed by atoms with van der Waals surface area (Å²) in [4.78, 5) is 12.6. The van der Waals surface area contributed by atoms with Crippen LogP contribution in [0.5, 0.6) is 0 Å². The van der Waals surface area contributed by atoms with Gasteiger partial charge in [-0.3, -0.25) is 4.79 Å². The summed E-state index contributed by atoms with van der Waals surface area (Å²) in [5, 5.41) is 0. The van der Waals surface area contributed by atoms with Crippen LogP contribution in [-0.4, -0.2) is 11.5 Å². The van der Waals surface area contributed by atoms with Gasteiger partial charge >= 0.3 is 0 Å². The normalized spacial score (nSPS) is 15.2. The van der Waals surface area contributed by atoms with Gasteiger partial charge < -0.3 is 0 Å². The summed E-state index contributed by atoms with van der Waals surface area (Å²) in [6.07, 6.45) is 1.14. The molecule has 3 rings (SSSR count). The maximum absolute atomic E-state index is 14.1. The van der Waals surface area contributed by atoms with Crippen LogP contribution in [0.15, 0.2) is 41.3 Å². The van der Waals surface area contributed by atoms with Crippen molar-refractivity contribution in [2.45, 2.75) is 37.5 Å². The molecule has 0 bridgehead atoms. The van der Waals surface area contributed by atoms with Crippen LogP contribution in [0.4, 0.5) is 4.39 Å². The average Bonchev–Trinajstić information content (AvgIpc) is 2.53. The van der Waals surface area contributed by atoms with Crippen LogP contribution in [-0.2, 0) is 5.41 Å². The molecule has 24 heavy (non-hydrogen) atoms. The number of benzene rings is 2. The van der Waals surface area contributed by atoms with E-state index in [0.29, 0.717) is 11.1 Å². The van der Waals surface area contributed by atoms with E-state index in [9.17, 15) is 9.18 Å². The Morgan fingerprint density at radius 2 is 1.96 bits per heavy atom. The number of thioether (sulfide) groups is 1. The van der Waals surface area contributed by atoms with Gasteiger partial charge in [-0.1, -0.05) is 25.7 Å². The lowest BCUT2D eigenvalue weighted by Crippen LogP contribution is -2.22. The standard InChI is InChI=1S/C21H19FOS/c1-14(23)17-8-7-16(19(22)13-17)6-4-15-5-9-20-18(12-15)21(2,3)10-11-24-20/h5,7-9,12-13H,10-11H2,1-3H3. The number of halogens is 1. The summed E-state index contributed by atoms with van der Waals surface area (Å²) in [6, 6.07) is 10.6. The maximum Gasteiger partial charge on any atom is 0.159 e. The first-order chi connectivity index (χ1) is 11.4. The van der Waals surface area contributed by atoms with Crippen molar-refractivity contribution >= 4 is 17.5 Å². The molecule has 1 aliphatic heterocycles. The maximum atomic E-state index is 14.1. The van der Waals surface area contributed by atoms with Crippen molar-refractivity contribution < 1.29 is 9.18 Å². The van der Waals surface area contributed by atoms with Crippen LogP contribution < -0.4 is 0 Å². The Morgan fingerprint density at radius 1 is 1.17 bits per heavy atom. The van der Waals surface area contributed by atoms with E-state index in [2.05, 4.69) is 37.8 Å². The minimum atomic E-state index is -0.455. The number of rotatable bonds is 1. The van der Waals surface area contributed by atoms with Crippen molar-refractivity contribution in [3.05, 3.63) is 64.5 Å². The van der Waals surface area contributed by atoms with Gasteiger partial charge in [0.05, 0.1) is 5.56 Å². The molecule has 0 aliphatic carbocycles. The highest BCUT2D eigenvalue weighted by molar-refractivity contribution is 7.99. The molecule has 1 nitrogen and oxygen atoms in total. The minimum absolute atomic E-state index is 0.145. The molecule has 0 aromatic heterocycles. The molecule has 0 radical (unpaired) electrons. The van der Waals surface area contributed by atoms with Crippen LogP contribution in [0.1, 0.15) is 54.2 Å². The van der Waals surface area contributed by atoms with Crippen LogP contribution in [0, 0.1) is 17.7 Å². The summed E-state index contributed by atoms with van der Waals surface area (Å²) in [7, 11) is 0. The van der Waals surface area contributed by atoms with E-state index in [4.69, 9.17) is 0 Å². The van der Waals surface area contributed by atoms with Crippen LogP contribution in [0.3, 0.4) is 0 Å². The monoisotopic (exact) mass is 338 g/mol. The lowest BCUT2D eigenvalue weighted by molar-refractivity contribution is 0.101. The Bertz CT molecular complexity index is 871. The number of hydrogen-bond acceptors (Lipinski definition) is 2. The van der Waals surface area contributed by atoms with Gasteiger partial charge in [0.25, 0.3) is 0 Å². The van der Waals surface area contributed by atoms with Crippen molar-refractivity contribution in [2.24, 2.45) is 0 Å². The highest BCUT2D eigenvalue weighted by Crippen LogP contribution is 2.41. The summed E-state index contributed by atoms with van der Waals surface area (Å²) in [5.74, 6) is 6.47. The van der Waals surface area contributed by atoms with Crippen LogP contribution >= 0.6 is 11.8 Å². The number of ketones is 1. The SMILES string of the molecule is CC(=O)c1ccc(C#Cc2ccc3c(c2)C(C)(C)CCS3)c(F)c1. The molecule has 1 aliphatic rings. The molecule has 0 unspecified atom stereocenters. The Hall–Kier alpha value is -2.05. The first kappa shape index (κ1) is 16.8. The molecular formula is C21H19FOS. The van der Waals surface area contributed by atoms with E-state index in [1.165, 1.54) is 23.4 Å². The highest BCUT2D eigenvalue weighted by atomic mass is 32.2. The first-order valence-electron chi connectivity index (χ1n) is 7.97. The molecule has 0 fully saturated rings. The second-order valence-electron chi connectivity index (χ2n) is 6.69. The van der Waals surface area contributed by atoms with Crippen LogP contribution in [0.2, 0.25) is 0 Å². The second-order valence-corrected chi connectivity index (χ2v) is 7.83. The van der Waals surface area contributed by atoms with E-state index in [0.717, 1.165) is 17.7 Å². The van der Waals surface area contributed by atoms with Crippen molar-refractivity contribution in [2.75, 3.05) is 5.75 Å². The summed E-state index contributed by atoms with van der Waals surface area (Å²) < 4.78 is 14.1. The average molecular weight is 338 g/mol. The molecule has 0 N–H and O–H groups in total. The molecule has 122 valence electrons. The van der Waals surface area contributed by atoms with Crippen molar-refractivity contribution in [1.82, 2.24) is 0 Å². The van der Waals surface area contributed by atoms with Crippen molar-refractivity contribution in [3.63, 3.8) is 0 Å². The van der Waals surface area contributed by atoms with Gasteiger partial charge in [0, 0.05) is 16.0 Å². The van der Waals surface area contributed by atoms with E-state index in [-0.39, 0.29) is 11.2 Å². The molecule has 0 saturated heterocycles. The van der Waals surface area contributed by atoms with Gasteiger partial charge in [0.15, 0.2) is 5.78 Å². The predicted molar refractivity (Wildman–Crippen MR) is 97.2 cm³/mol. The van der Waals surface area contributed by atoms with Gasteiger partial charge in [-0.05, 0) is 66.5 Å². The third-order valence-corrected chi connectivity index (χ3v) is 5.49. The second kappa shape index (κ2) is 6.45. The molecule has 0 saturated carbocycles. The van der Waals surface area contributed by atoms with E-state index >= 15 is 0 Å². The molecule has 0 atom stereocenters. The first-order valence-corrected chi connectivity index (χ1v) is 8.95. The zero-order valence-corrected chi connectivity index (χ0v) is 14.9. The summed E-state index contributed by atoms with van der Waals surface area (Å²) in [6.45, 7) is 5.93. The third-order valence-electron chi connectivity index (χ3n) is 4.41. The summed E-state index contributed by atoms with van der Waals surface area (Å²) >= 11 is 1.88. The van der Waals surface area contributed by atoms with Gasteiger partial charge in [0.2, 0.25) is 0 Å². The quantitative estimate of drug-likeness (QED) is 0.525. The number of fused-ring (bicyclic) bond motifs is 1. The molecular weight excluding hydrogens is 319 g/mol. The minimum Gasteiger partial charge on any atom is -0.295 e. The topological polar surface area (TPSA) is 17.1 Å². The third kappa shape index (κ3) is 3.39. The Balaban J connectivity index is 1.93. The zero-order chi connectivity index (χ0) is 17.3. The zero-order valence-electron chi connectivity index (χ0n) is 14.1. The Kier molecular flexibility index (Phi) is 4.51. The van der Waals surface area contributed by atoms with Crippen molar-refractivity contribution in [3.8, 4) is 11.8 Å². The smallest absolute Gasteiger partial charge is 0.159 e. The van der Waals surface area contributed by atoms with Gasteiger partial charge in [-0.25, -0.2) is 4.39 Å². The Labute approximate surface area is 146 Å². The summed E-state index contributed by atoms with van der Waals surface area (Å²) in [5.41, 5.74) is 3.03. The molecule has 0 amide bonds. The fourth-order valence-corrected chi connectivity index (χ4v) is 4.28. The van der Waals surface area contributed by atoms with Crippen LogP contribution in [0.25, 0.3) is 0 Å². The lowest BCUT2D eigenvalue weighted by Gasteiger charge is -2.32. The van der Waals surface area contributed by atoms with Gasteiger partial charge in [-0.15, -0.1) is 11.8 Å². The fraction of sp³-hybridized carbons (Fsp3) is 0.286. The molecule has 0 spiro atoms. The lowest BCUT2D eigenvalue weighted by atomic mass is 9.81. The number of hydrogen-bond donors (Lipinski definition) is 0. The molecule has 2 aromatic rings. The largest absolute Gasteiger partial charge is 0.295 e. The van der Waals surface area contributed by atoms with E-state index in [1.54, 1.807) is 12.1 Å². The number of Topliss-reactive ketones (excluding diaryl/α,β-unsaturated/α-hetero) is 1. The van der Waals surface area contributed by atoms with Crippen molar-refractivity contribution in [1.29, 1.82) is 0 Å². The number of carbonyl (C=O) groups is 1. The van der Waals surface area contributed by atoms with E-state index in [1.807, 2.05) is 17.8 Å². The number of carbonyl (C=O) groups excluding carboxylic acids is 1. The Morgan fingerprint density at radius 3 is 2.67 bits per heavy atom. The molecule has 1 heterocycles. The fourth-order valence-electron chi connectivity index (χ4n) is 2.79. The van der Waals surface area contributed by atoms with Gasteiger partial charge in [-0.2, -0.15) is 0 Å². The highest BCUT2D eigenvalue weighted by Gasteiger charge is 2.27.